The molecular weight excluding hydrogens is 264 g/mol. The van der Waals surface area contributed by atoms with E-state index in [2.05, 4.69) is 46.4 Å². The number of benzene rings is 1. The highest BCUT2D eigenvalue weighted by Gasteiger charge is 2.26. The Kier molecular flexibility index (Phi) is 3.87. The van der Waals surface area contributed by atoms with E-state index in [9.17, 15) is 0 Å². The molecule has 0 aliphatic heterocycles. The SMILES string of the molecule is Cc1ccc(Br)c(NC2CCCC2CN)c1. The maximum absolute atomic E-state index is 5.79. The molecule has 1 fully saturated rings. The normalized spacial score (nSPS) is 24.7. The fraction of sp³-hybridized carbons (Fsp3) is 0.538. The Morgan fingerprint density at radius 1 is 1.44 bits per heavy atom. The van der Waals surface area contributed by atoms with E-state index in [1.807, 2.05) is 0 Å². The maximum Gasteiger partial charge on any atom is 0.0489 e. The third-order valence-corrected chi connectivity index (χ3v) is 4.12. The summed E-state index contributed by atoms with van der Waals surface area (Å²) in [5, 5.41) is 3.62. The summed E-state index contributed by atoms with van der Waals surface area (Å²) in [7, 11) is 0. The number of hydrogen-bond acceptors (Lipinski definition) is 2. The van der Waals surface area contributed by atoms with Gasteiger partial charge in [-0.2, -0.15) is 0 Å². The van der Waals surface area contributed by atoms with Gasteiger partial charge in [-0.1, -0.05) is 12.5 Å². The van der Waals surface area contributed by atoms with Gasteiger partial charge in [0.2, 0.25) is 0 Å². The fourth-order valence-electron chi connectivity index (χ4n) is 2.46. The number of nitrogens with one attached hydrogen (secondary N) is 1. The van der Waals surface area contributed by atoms with Crippen molar-refractivity contribution in [2.75, 3.05) is 11.9 Å². The summed E-state index contributed by atoms with van der Waals surface area (Å²) in [5.74, 6) is 0.632. The van der Waals surface area contributed by atoms with E-state index >= 15 is 0 Å². The van der Waals surface area contributed by atoms with Gasteiger partial charge in [0.1, 0.15) is 0 Å². The molecule has 1 aromatic rings. The zero-order valence-electron chi connectivity index (χ0n) is 9.67. The fourth-order valence-corrected chi connectivity index (χ4v) is 2.82. The van der Waals surface area contributed by atoms with Crippen LogP contribution < -0.4 is 11.1 Å². The Balaban J connectivity index is 2.11. The number of halogens is 1. The standard InChI is InChI=1S/C13H19BrN2/c1-9-5-6-11(14)13(7-9)16-12-4-2-3-10(12)8-15/h5-7,10,12,16H,2-4,8,15H2,1H3. The molecule has 3 N–H and O–H groups in total. The second-order valence-corrected chi connectivity index (χ2v) is 5.52. The highest BCUT2D eigenvalue weighted by atomic mass is 79.9. The molecule has 0 aromatic heterocycles. The molecule has 0 bridgehead atoms. The van der Waals surface area contributed by atoms with Crippen LogP contribution in [0.3, 0.4) is 0 Å². The van der Waals surface area contributed by atoms with Crippen LogP contribution in [0.2, 0.25) is 0 Å². The Labute approximate surface area is 106 Å². The summed E-state index contributed by atoms with van der Waals surface area (Å²) < 4.78 is 1.14. The van der Waals surface area contributed by atoms with Crippen molar-refractivity contribution in [3.8, 4) is 0 Å². The highest BCUT2D eigenvalue weighted by molar-refractivity contribution is 9.10. The summed E-state index contributed by atoms with van der Waals surface area (Å²) in [6.45, 7) is 2.91. The quantitative estimate of drug-likeness (QED) is 0.893. The third kappa shape index (κ3) is 2.58. The average molecular weight is 283 g/mol. The zero-order valence-corrected chi connectivity index (χ0v) is 11.3. The Morgan fingerprint density at radius 3 is 3.00 bits per heavy atom. The molecule has 2 nitrogen and oxygen atoms in total. The summed E-state index contributed by atoms with van der Waals surface area (Å²) in [6.07, 6.45) is 3.79. The molecule has 1 saturated carbocycles. The first-order valence-corrected chi connectivity index (χ1v) is 6.73. The molecule has 1 aliphatic carbocycles. The summed E-state index contributed by atoms with van der Waals surface area (Å²) >= 11 is 3.59. The van der Waals surface area contributed by atoms with Crippen molar-refractivity contribution >= 4 is 21.6 Å². The van der Waals surface area contributed by atoms with Crippen LogP contribution in [0.25, 0.3) is 0 Å². The van der Waals surface area contributed by atoms with Crippen molar-refractivity contribution in [1.82, 2.24) is 0 Å². The van der Waals surface area contributed by atoms with Crippen LogP contribution in [0, 0.1) is 12.8 Å². The molecule has 0 radical (unpaired) electrons. The van der Waals surface area contributed by atoms with Gasteiger partial charge in [-0.3, -0.25) is 0 Å². The van der Waals surface area contributed by atoms with E-state index in [-0.39, 0.29) is 0 Å². The molecule has 16 heavy (non-hydrogen) atoms. The van der Waals surface area contributed by atoms with Crippen molar-refractivity contribution in [2.45, 2.75) is 32.2 Å². The van der Waals surface area contributed by atoms with E-state index in [0.717, 1.165) is 11.0 Å². The van der Waals surface area contributed by atoms with E-state index < -0.39 is 0 Å². The predicted octanol–water partition coefficient (Wildman–Crippen LogP) is 3.30. The molecule has 1 aromatic carbocycles. The van der Waals surface area contributed by atoms with Crippen LogP contribution in [-0.4, -0.2) is 12.6 Å². The van der Waals surface area contributed by atoms with Crippen molar-refractivity contribution < 1.29 is 0 Å². The summed E-state index contributed by atoms with van der Waals surface area (Å²) in [4.78, 5) is 0. The predicted molar refractivity (Wildman–Crippen MR) is 72.7 cm³/mol. The lowest BCUT2D eigenvalue weighted by atomic mass is 10.0. The van der Waals surface area contributed by atoms with Gasteiger partial charge < -0.3 is 11.1 Å². The lowest BCUT2D eigenvalue weighted by molar-refractivity contribution is 0.516. The van der Waals surface area contributed by atoms with Crippen molar-refractivity contribution in [1.29, 1.82) is 0 Å². The first-order chi connectivity index (χ1) is 7.70. The van der Waals surface area contributed by atoms with Crippen LogP contribution in [0.4, 0.5) is 5.69 Å². The van der Waals surface area contributed by atoms with Crippen LogP contribution in [-0.2, 0) is 0 Å². The van der Waals surface area contributed by atoms with Gasteiger partial charge in [0.25, 0.3) is 0 Å². The van der Waals surface area contributed by atoms with Gasteiger partial charge in [-0.25, -0.2) is 0 Å². The molecule has 2 rings (SSSR count). The lowest BCUT2D eigenvalue weighted by Crippen LogP contribution is -2.29. The van der Waals surface area contributed by atoms with Crippen LogP contribution in [0.15, 0.2) is 22.7 Å². The zero-order chi connectivity index (χ0) is 11.5. The second kappa shape index (κ2) is 5.19. The van der Waals surface area contributed by atoms with Gasteiger partial charge in [0.05, 0.1) is 0 Å². The molecule has 88 valence electrons. The van der Waals surface area contributed by atoms with E-state index in [4.69, 9.17) is 5.73 Å². The topological polar surface area (TPSA) is 38.0 Å². The molecule has 0 amide bonds. The highest BCUT2D eigenvalue weighted by Crippen LogP contribution is 2.31. The first kappa shape index (κ1) is 11.9. The molecule has 2 atom stereocenters. The average Bonchev–Trinajstić information content (AvgIpc) is 2.71. The third-order valence-electron chi connectivity index (χ3n) is 3.42. The molecule has 0 spiro atoms. The van der Waals surface area contributed by atoms with Gasteiger partial charge >= 0.3 is 0 Å². The van der Waals surface area contributed by atoms with Gasteiger partial charge in [-0.05, 0) is 65.9 Å². The molecular formula is C13H19BrN2. The van der Waals surface area contributed by atoms with Crippen LogP contribution in [0.1, 0.15) is 24.8 Å². The van der Waals surface area contributed by atoms with E-state index in [0.29, 0.717) is 12.0 Å². The number of nitrogens with two attached hydrogens (primary N) is 1. The molecule has 2 unspecified atom stereocenters. The smallest absolute Gasteiger partial charge is 0.0489 e. The van der Waals surface area contributed by atoms with Gasteiger partial charge in [0, 0.05) is 16.2 Å². The van der Waals surface area contributed by atoms with Crippen LogP contribution >= 0.6 is 15.9 Å². The molecule has 0 saturated heterocycles. The maximum atomic E-state index is 5.79. The summed E-state index contributed by atoms with van der Waals surface area (Å²) in [5.41, 5.74) is 8.28. The number of rotatable bonds is 3. The van der Waals surface area contributed by atoms with Crippen molar-refractivity contribution in [2.24, 2.45) is 11.7 Å². The first-order valence-electron chi connectivity index (χ1n) is 5.93. The largest absolute Gasteiger partial charge is 0.381 e. The van der Waals surface area contributed by atoms with Crippen molar-refractivity contribution in [3.05, 3.63) is 28.2 Å². The number of hydrogen-bond donors (Lipinski definition) is 2. The number of aryl methyl sites for hydroxylation is 1. The van der Waals surface area contributed by atoms with E-state index in [1.54, 1.807) is 0 Å². The lowest BCUT2D eigenvalue weighted by Gasteiger charge is -2.21. The second-order valence-electron chi connectivity index (χ2n) is 4.66. The van der Waals surface area contributed by atoms with E-state index in [1.165, 1.54) is 30.5 Å². The molecule has 1 aliphatic rings. The Hall–Kier alpha value is -0.540. The minimum absolute atomic E-state index is 0.545. The Bertz CT molecular complexity index is 365. The summed E-state index contributed by atoms with van der Waals surface area (Å²) in [6, 6.07) is 6.95. The molecule has 0 heterocycles. The van der Waals surface area contributed by atoms with Crippen LogP contribution in [0.5, 0.6) is 0 Å². The minimum Gasteiger partial charge on any atom is -0.381 e. The monoisotopic (exact) mass is 282 g/mol. The molecule has 3 heteroatoms. The van der Waals surface area contributed by atoms with Crippen molar-refractivity contribution in [3.63, 3.8) is 0 Å². The van der Waals surface area contributed by atoms with Gasteiger partial charge in [-0.15, -0.1) is 0 Å². The number of anilines is 1. The minimum atomic E-state index is 0.545. The Morgan fingerprint density at radius 2 is 2.25 bits per heavy atom. The van der Waals surface area contributed by atoms with Gasteiger partial charge in [0.15, 0.2) is 0 Å².